The van der Waals surface area contributed by atoms with Crippen molar-refractivity contribution in [2.24, 2.45) is 0 Å². The minimum atomic E-state index is -0.745. The molecule has 2 heterocycles. The van der Waals surface area contributed by atoms with Gasteiger partial charge in [0, 0.05) is 37.9 Å². The molecule has 0 saturated carbocycles. The van der Waals surface area contributed by atoms with Crippen LogP contribution in [0.4, 0.5) is 0 Å². The minimum absolute atomic E-state index is 0.432. The maximum atomic E-state index is 11.5. The molecule has 0 saturated heterocycles. The highest BCUT2D eigenvalue weighted by molar-refractivity contribution is 5.77. The summed E-state index contributed by atoms with van der Waals surface area (Å²) in [6, 6.07) is 13.7. The van der Waals surface area contributed by atoms with E-state index in [1.807, 2.05) is 42.5 Å². The average Bonchev–Trinajstić information content (AvgIpc) is 2.53. The topological polar surface area (TPSA) is 53.4 Å². The van der Waals surface area contributed by atoms with Gasteiger partial charge in [0.05, 0.1) is 5.92 Å². The van der Waals surface area contributed by atoms with Crippen molar-refractivity contribution in [2.45, 2.75) is 18.9 Å². The number of pyridine rings is 1. The molecule has 1 aliphatic heterocycles. The molecule has 3 rings (SSSR count). The van der Waals surface area contributed by atoms with Gasteiger partial charge in [-0.1, -0.05) is 30.3 Å². The highest BCUT2D eigenvalue weighted by Gasteiger charge is 2.29. The van der Waals surface area contributed by atoms with Crippen LogP contribution in [0.3, 0.4) is 0 Å². The number of fused-ring (bicyclic) bond motifs is 1. The Hall–Kier alpha value is -2.20. The molecule has 2 aromatic rings. The monoisotopic (exact) mass is 282 g/mol. The molecule has 0 spiro atoms. The quantitative estimate of drug-likeness (QED) is 0.935. The summed E-state index contributed by atoms with van der Waals surface area (Å²) in [7, 11) is 0. The predicted octanol–water partition coefficient (Wildman–Crippen LogP) is 2.31. The van der Waals surface area contributed by atoms with Crippen molar-refractivity contribution >= 4 is 5.97 Å². The highest BCUT2D eigenvalue weighted by atomic mass is 16.4. The number of carboxylic acids is 1. The Morgan fingerprint density at radius 1 is 1.24 bits per heavy atom. The van der Waals surface area contributed by atoms with Crippen LogP contribution in [0.1, 0.15) is 22.7 Å². The summed E-state index contributed by atoms with van der Waals surface area (Å²) in [5.74, 6) is -1.18. The lowest BCUT2D eigenvalue weighted by molar-refractivity contribution is -0.139. The fourth-order valence-corrected chi connectivity index (χ4v) is 2.88. The molecule has 108 valence electrons. The zero-order valence-corrected chi connectivity index (χ0v) is 11.8. The first-order chi connectivity index (χ1) is 10.2. The van der Waals surface area contributed by atoms with Gasteiger partial charge in [-0.05, 0) is 23.3 Å². The molecule has 0 fully saturated rings. The van der Waals surface area contributed by atoms with Crippen LogP contribution >= 0.6 is 0 Å². The maximum absolute atomic E-state index is 11.5. The largest absolute Gasteiger partial charge is 0.481 e. The number of hydrogen-bond donors (Lipinski definition) is 1. The van der Waals surface area contributed by atoms with E-state index in [9.17, 15) is 9.90 Å². The number of carbonyl (C=O) groups is 1. The Morgan fingerprint density at radius 3 is 2.81 bits per heavy atom. The zero-order valence-electron chi connectivity index (χ0n) is 11.8. The SMILES string of the molecule is O=C(O)C1CN(CCc2ccccn2)Cc2ccccc21. The van der Waals surface area contributed by atoms with Gasteiger partial charge in [-0.2, -0.15) is 0 Å². The molecule has 4 nitrogen and oxygen atoms in total. The van der Waals surface area contributed by atoms with Gasteiger partial charge in [-0.25, -0.2) is 0 Å². The van der Waals surface area contributed by atoms with Gasteiger partial charge < -0.3 is 5.11 Å². The maximum Gasteiger partial charge on any atom is 0.312 e. The van der Waals surface area contributed by atoms with Crippen molar-refractivity contribution in [1.29, 1.82) is 0 Å². The predicted molar refractivity (Wildman–Crippen MR) is 80.0 cm³/mol. The average molecular weight is 282 g/mol. The van der Waals surface area contributed by atoms with E-state index in [2.05, 4.69) is 9.88 Å². The number of rotatable bonds is 4. The van der Waals surface area contributed by atoms with E-state index in [-0.39, 0.29) is 0 Å². The minimum Gasteiger partial charge on any atom is -0.481 e. The van der Waals surface area contributed by atoms with Crippen molar-refractivity contribution in [1.82, 2.24) is 9.88 Å². The van der Waals surface area contributed by atoms with Crippen LogP contribution in [-0.4, -0.2) is 34.0 Å². The summed E-state index contributed by atoms with van der Waals surface area (Å²) >= 11 is 0. The second-order valence-corrected chi connectivity index (χ2v) is 5.40. The highest BCUT2D eigenvalue weighted by Crippen LogP contribution is 2.28. The van der Waals surface area contributed by atoms with E-state index >= 15 is 0 Å². The summed E-state index contributed by atoms with van der Waals surface area (Å²) < 4.78 is 0. The van der Waals surface area contributed by atoms with Gasteiger partial charge >= 0.3 is 5.97 Å². The number of nitrogens with zero attached hydrogens (tertiary/aromatic N) is 2. The van der Waals surface area contributed by atoms with E-state index in [1.54, 1.807) is 6.20 Å². The van der Waals surface area contributed by atoms with Crippen molar-refractivity contribution in [3.8, 4) is 0 Å². The first-order valence-corrected chi connectivity index (χ1v) is 7.17. The Morgan fingerprint density at radius 2 is 2.05 bits per heavy atom. The molecular weight excluding hydrogens is 264 g/mol. The summed E-state index contributed by atoms with van der Waals surface area (Å²) in [4.78, 5) is 18.0. The van der Waals surface area contributed by atoms with Crippen LogP contribution in [0.2, 0.25) is 0 Å². The fraction of sp³-hybridized carbons (Fsp3) is 0.294. The van der Waals surface area contributed by atoms with Crippen LogP contribution < -0.4 is 0 Å². The Bertz CT molecular complexity index is 628. The molecule has 0 bridgehead atoms. The van der Waals surface area contributed by atoms with Gasteiger partial charge in [-0.3, -0.25) is 14.7 Å². The van der Waals surface area contributed by atoms with Gasteiger partial charge in [0.2, 0.25) is 0 Å². The number of benzene rings is 1. The third kappa shape index (κ3) is 3.11. The Kier molecular flexibility index (Phi) is 3.97. The molecule has 1 unspecified atom stereocenters. The third-order valence-electron chi connectivity index (χ3n) is 3.97. The molecule has 1 aliphatic rings. The lowest BCUT2D eigenvalue weighted by Crippen LogP contribution is -2.38. The molecule has 0 radical (unpaired) electrons. The van der Waals surface area contributed by atoms with Crippen molar-refractivity contribution in [3.63, 3.8) is 0 Å². The third-order valence-corrected chi connectivity index (χ3v) is 3.97. The summed E-state index contributed by atoms with van der Waals surface area (Å²) in [6.07, 6.45) is 2.64. The van der Waals surface area contributed by atoms with E-state index in [1.165, 1.54) is 0 Å². The number of aromatic nitrogens is 1. The lowest BCUT2D eigenvalue weighted by Gasteiger charge is -2.32. The van der Waals surface area contributed by atoms with E-state index in [0.29, 0.717) is 6.54 Å². The molecule has 0 aliphatic carbocycles. The second kappa shape index (κ2) is 6.06. The zero-order chi connectivity index (χ0) is 14.7. The van der Waals surface area contributed by atoms with E-state index in [0.717, 1.165) is 36.3 Å². The molecule has 1 aromatic carbocycles. The Balaban J connectivity index is 1.73. The number of hydrogen-bond acceptors (Lipinski definition) is 3. The van der Waals surface area contributed by atoms with E-state index < -0.39 is 11.9 Å². The van der Waals surface area contributed by atoms with Crippen molar-refractivity contribution < 1.29 is 9.90 Å². The molecule has 0 amide bonds. The molecule has 4 heteroatoms. The number of aliphatic carboxylic acids is 1. The second-order valence-electron chi connectivity index (χ2n) is 5.40. The lowest BCUT2D eigenvalue weighted by atomic mass is 9.89. The molecular formula is C17H18N2O2. The van der Waals surface area contributed by atoms with Crippen LogP contribution in [0.5, 0.6) is 0 Å². The van der Waals surface area contributed by atoms with Crippen LogP contribution in [0.25, 0.3) is 0 Å². The van der Waals surface area contributed by atoms with Crippen LogP contribution in [0.15, 0.2) is 48.7 Å². The first-order valence-electron chi connectivity index (χ1n) is 7.17. The first kappa shape index (κ1) is 13.8. The standard InChI is InChI=1S/C17H18N2O2/c20-17(21)16-12-19(10-8-14-6-3-4-9-18-14)11-13-5-1-2-7-15(13)16/h1-7,9,16H,8,10-12H2,(H,20,21). The fourth-order valence-electron chi connectivity index (χ4n) is 2.88. The normalized spacial score (nSPS) is 18.2. The van der Waals surface area contributed by atoms with Crippen LogP contribution in [0, 0.1) is 0 Å². The molecule has 1 aromatic heterocycles. The van der Waals surface area contributed by atoms with Crippen molar-refractivity contribution in [3.05, 3.63) is 65.5 Å². The van der Waals surface area contributed by atoms with Gasteiger partial charge in [0.25, 0.3) is 0 Å². The molecule has 21 heavy (non-hydrogen) atoms. The molecule has 1 N–H and O–H groups in total. The summed E-state index contributed by atoms with van der Waals surface area (Å²) in [5, 5.41) is 9.45. The van der Waals surface area contributed by atoms with Gasteiger partial charge in [-0.15, -0.1) is 0 Å². The summed E-state index contributed by atoms with van der Waals surface area (Å²) in [6.45, 7) is 2.21. The smallest absolute Gasteiger partial charge is 0.312 e. The van der Waals surface area contributed by atoms with E-state index in [4.69, 9.17) is 0 Å². The summed E-state index contributed by atoms with van der Waals surface area (Å²) in [5.41, 5.74) is 3.12. The van der Waals surface area contributed by atoms with Crippen molar-refractivity contribution in [2.75, 3.05) is 13.1 Å². The van der Waals surface area contributed by atoms with Gasteiger partial charge in [0.1, 0.15) is 0 Å². The number of carboxylic acid groups (broad SMARTS) is 1. The Labute approximate surface area is 124 Å². The molecule has 1 atom stereocenters. The van der Waals surface area contributed by atoms with Gasteiger partial charge in [0.15, 0.2) is 0 Å². The van der Waals surface area contributed by atoms with Crippen LogP contribution in [-0.2, 0) is 17.8 Å².